The molecule has 0 radical (unpaired) electrons. The molecule has 3 aromatic rings. The smallest absolute Gasteiger partial charge is 0.262 e. The SMILES string of the molecule is [C-]#[N+]c1ccc(CC(=O)N2Cc3c(C(N)=O)c(-c4ccc(F)c(Cl)c4)nn3C(C(F)F)C2)cc1Cl. The molecule has 2 N–H and O–H groups in total. The Morgan fingerprint density at radius 3 is 2.54 bits per heavy atom. The van der Waals surface area contributed by atoms with Gasteiger partial charge in [-0.1, -0.05) is 41.4 Å². The summed E-state index contributed by atoms with van der Waals surface area (Å²) < 4.78 is 42.7. The van der Waals surface area contributed by atoms with Gasteiger partial charge in [-0.25, -0.2) is 18.0 Å². The van der Waals surface area contributed by atoms with Crippen molar-refractivity contribution in [3.05, 3.63) is 80.5 Å². The van der Waals surface area contributed by atoms with Crippen molar-refractivity contribution in [1.82, 2.24) is 14.7 Å². The van der Waals surface area contributed by atoms with Crippen LogP contribution in [0, 0.1) is 12.4 Å². The molecule has 0 spiro atoms. The second kappa shape index (κ2) is 9.60. The van der Waals surface area contributed by atoms with Crippen LogP contribution in [-0.4, -0.2) is 39.5 Å². The van der Waals surface area contributed by atoms with E-state index in [0.717, 1.165) is 10.7 Å². The van der Waals surface area contributed by atoms with Crippen LogP contribution >= 0.6 is 23.2 Å². The van der Waals surface area contributed by atoms with Crippen LogP contribution in [0.25, 0.3) is 16.1 Å². The number of halogens is 5. The van der Waals surface area contributed by atoms with E-state index in [4.69, 9.17) is 35.5 Å². The third kappa shape index (κ3) is 4.70. The summed E-state index contributed by atoms with van der Waals surface area (Å²) in [6.45, 7) is 6.49. The van der Waals surface area contributed by atoms with E-state index in [-0.39, 0.29) is 57.8 Å². The highest BCUT2D eigenvalue weighted by atomic mass is 35.5. The molecule has 1 aliphatic rings. The van der Waals surface area contributed by atoms with Gasteiger partial charge < -0.3 is 10.6 Å². The lowest BCUT2D eigenvalue weighted by molar-refractivity contribution is -0.133. The first kappa shape index (κ1) is 24.6. The van der Waals surface area contributed by atoms with Gasteiger partial charge in [-0.05, 0) is 23.8 Å². The number of carbonyl (C=O) groups excluding carboxylic acids is 2. The Balaban J connectivity index is 1.72. The zero-order valence-electron chi connectivity index (χ0n) is 17.8. The van der Waals surface area contributed by atoms with Gasteiger partial charge in [0.1, 0.15) is 17.6 Å². The van der Waals surface area contributed by atoms with Crippen LogP contribution in [0.1, 0.15) is 27.7 Å². The Morgan fingerprint density at radius 2 is 1.94 bits per heavy atom. The molecule has 4 rings (SSSR count). The topological polar surface area (TPSA) is 85.6 Å². The van der Waals surface area contributed by atoms with Crippen molar-refractivity contribution in [2.45, 2.75) is 25.4 Å². The molecule has 35 heavy (non-hydrogen) atoms. The molecule has 1 aliphatic heterocycles. The molecule has 0 saturated carbocycles. The lowest BCUT2D eigenvalue weighted by Gasteiger charge is -2.34. The second-order valence-corrected chi connectivity index (χ2v) is 8.67. The van der Waals surface area contributed by atoms with E-state index in [1.807, 2.05) is 0 Å². The quantitative estimate of drug-likeness (QED) is 0.477. The zero-order chi connectivity index (χ0) is 25.4. The van der Waals surface area contributed by atoms with Crippen LogP contribution < -0.4 is 5.73 Å². The first-order chi connectivity index (χ1) is 16.6. The molecule has 1 unspecified atom stereocenters. The lowest BCUT2D eigenvalue weighted by atomic mass is 10.0. The number of nitrogens with two attached hydrogens (primary N) is 1. The van der Waals surface area contributed by atoms with E-state index < -0.39 is 30.1 Å². The molecule has 2 aromatic carbocycles. The molecule has 2 heterocycles. The first-order valence-electron chi connectivity index (χ1n) is 10.2. The van der Waals surface area contributed by atoms with Crippen molar-refractivity contribution in [3.63, 3.8) is 0 Å². The van der Waals surface area contributed by atoms with E-state index in [0.29, 0.717) is 5.56 Å². The molecule has 0 saturated heterocycles. The van der Waals surface area contributed by atoms with Gasteiger partial charge in [0.15, 0.2) is 0 Å². The number of aromatic nitrogens is 2. The molecule has 0 aliphatic carbocycles. The van der Waals surface area contributed by atoms with Crippen LogP contribution in [0.2, 0.25) is 10.0 Å². The van der Waals surface area contributed by atoms with Crippen molar-refractivity contribution < 1.29 is 22.8 Å². The van der Waals surface area contributed by atoms with Gasteiger partial charge in [-0.3, -0.25) is 14.3 Å². The molecule has 0 fully saturated rings. The molecule has 0 bridgehead atoms. The van der Waals surface area contributed by atoms with Crippen molar-refractivity contribution in [3.8, 4) is 11.3 Å². The summed E-state index contributed by atoms with van der Waals surface area (Å²) in [5.74, 6) is -2.13. The van der Waals surface area contributed by atoms with E-state index in [9.17, 15) is 22.8 Å². The van der Waals surface area contributed by atoms with E-state index in [1.165, 1.54) is 29.2 Å². The standard InChI is InChI=1S/C23H16Cl2F3N5O2/c1-30-16-5-2-11(6-14(16)25)7-19(34)32-9-17-20(23(29)35)21(12-3-4-15(26)13(24)8-12)31-33(17)18(10-32)22(27)28/h2-6,8,18,22H,7,9-10H2,(H2,29,35). The van der Waals surface area contributed by atoms with E-state index in [1.54, 1.807) is 6.07 Å². The summed E-state index contributed by atoms with van der Waals surface area (Å²) in [7, 11) is 0. The van der Waals surface area contributed by atoms with Crippen LogP contribution in [0.5, 0.6) is 0 Å². The van der Waals surface area contributed by atoms with E-state index in [2.05, 4.69) is 9.94 Å². The minimum Gasteiger partial charge on any atom is -0.365 e. The molecule has 180 valence electrons. The summed E-state index contributed by atoms with van der Waals surface area (Å²) in [6, 6.07) is 6.53. The number of nitrogens with zero attached hydrogens (tertiary/aromatic N) is 4. The number of benzene rings is 2. The number of rotatable bonds is 5. The third-order valence-electron chi connectivity index (χ3n) is 5.64. The van der Waals surface area contributed by atoms with Gasteiger partial charge in [0.2, 0.25) is 11.6 Å². The third-order valence-corrected chi connectivity index (χ3v) is 6.24. The summed E-state index contributed by atoms with van der Waals surface area (Å²) in [5, 5.41) is 4.13. The number of carbonyl (C=O) groups is 2. The molecule has 1 atom stereocenters. The highest BCUT2D eigenvalue weighted by Crippen LogP contribution is 2.35. The summed E-state index contributed by atoms with van der Waals surface area (Å²) in [4.78, 5) is 29.8. The summed E-state index contributed by atoms with van der Waals surface area (Å²) >= 11 is 11.9. The maximum absolute atomic E-state index is 14.0. The summed E-state index contributed by atoms with van der Waals surface area (Å²) in [6.07, 6.45) is -3.07. The van der Waals surface area contributed by atoms with Gasteiger partial charge in [-0.2, -0.15) is 5.10 Å². The molecule has 12 heteroatoms. The van der Waals surface area contributed by atoms with Gasteiger partial charge >= 0.3 is 0 Å². The fourth-order valence-corrected chi connectivity index (χ4v) is 4.39. The number of fused-ring (bicyclic) bond motifs is 1. The monoisotopic (exact) mass is 521 g/mol. The van der Waals surface area contributed by atoms with Crippen molar-refractivity contribution in [1.29, 1.82) is 0 Å². The fraction of sp³-hybridized carbons (Fsp3) is 0.217. The molecular formula is C23H16Cl2F3N5O2. The van der Waals surface area contributed by atoms with Crippen molar-refractivity contribution >= 4 is 40.7 Å². The van der Waals surface area contributed by atoms with E-state index >= 15 is 0 Å². The maximum Gasteiger partial charge on any atom is 0.262 e. The number of hydrogen-bond donors (Lipinski definition) is 1. The molecular weight excluding hydrogens is 506 g/mol. The van der Waals surface area contributed by atoms with Crippen LogP contribution in [0.15, 0.2) is 36.4 Å². The molecule has 1 aromatic heterocycles. The van der Waals surface area contributed by atoms with Crippen LogP contribution in [-0.2, 0) is 17.8 Å². The fourth-order valence-electron chi connectivity index (χ4n) is 3.96. The van der Waals surface area contributed by atoms with Gasteiger partial charge in [0, 0.05) is 17.1 Å². The van der Waals surface area contributed by atoms with Crippen molar-refractivity contribution in [2.24, 2.45) is 5.73 Å². The predicted octanol–water partition coefficient (Wildman–Crippen LogP) is 5.04. The molecule has 2 amide bonds. The number of hydrogen-bond acceptors (Lipinski definition) is 3. The Labute approximate surface area is 207 Å². The Hall–Kier alpha value is -3.55. The van der Waals surface area contributed by atoms with Gasteiger partial charge in [0.05, 0.1) is 35.8 Å². The second-order valence-electron chi connectivity index (χ2n) is 7.86. The summed E-state index contributed by atoms with van der Waals surface area (Å²) in [5.41, 5.74) is 6.36. The minimum absolute atomic E-state index is 0.0316. The largest absolute Gasteiger partial charge is 0.365 e. The minimum atomic E-state index is -2.91. The Bertz CT molecular complexity index is 1390. The lowest BCUT2D eigenvalue weighted by Crippen LogP contribution is -2.44. The normalized spacial score (nSPS) is 15.1. The number of primary amides is 1. The first-order valence-corrected chi connectivity index (χ1v) is 10.9. The van der Waals surface area contributed by atoms with Crippen LogP contribution in [0.4, 0.5) is 18.9 Å². The average Bonchev–Trinajstić information content (AvgIpc) is 3.20. The van der Waals surface area contributed by atoms with Gasteiger partial charge in [-0.15, -0.1) is 0 Å². The highest BCUT2D eigenvalue weighted by molar-refractivity contribution is 6.33. The zero-order valence-corrected chi connectivity index (χ0v) is 19.3. The van der Waals surface area contributed by atoms with Gasteiger partial charge in [0.25, 0.3) is 12.3 Å². The predicted molar refractivity (Wildman–Crippen MR) is 123 cm³/mol. The Morgan fingerprint density at radius 1 is 1.20 bits per heavy atom. The highest BCUT2D eigenvalue weighted by Gasteiger charge is 2.38. The average molecular weight is 522 g/mol. The maximum atomic E-state index is 14.0. The van der Waals surface area contributed by atoms with Crippen LogP contribution in [0.3, 0.4) is 0 Å². The number of amides is 2. The molecule has 7 nitrogen and oxygen atoms in total. The number of alkyl halides is 2. The Kier molecular flexibility index (Phi) is 6.74. The van der Waals surface area contributed by atoms with Crippen molar-refractivity contribution in [2.75, 3.05) is 6.54 Å².